The normalized spacial score (nSPS) is 16.1. The minimum Gasteiger partial charge on any atom is -0.493 e. The minimum absolute atomic E-state index is 0.634. The van der Waals surface area contributed by atoms with Crippen LogP contribution in [0.2, 0.25) is 0 Å². The molecule has 3 heteroatoms. The fraction of sp³-hybridized carbons (Fsp3) is 0.455. The van der Waals surface area contributed by atoms with Crippen LogP contribution in [-0.4, -0.2) is 27.3 Å². The number of ether oxygens (including phenoxy) is 2. The van der Waals surface area contributed by atoms with E-state index in [1.165, 1.54) is 5.56 Å². The monoisotopic (exact) mass is 193 g/mol. The molecule has 0 aromatic heterocycles. The largest absolute Gasteiger partial charge is 0.493 e. The van der Waals surface area contributed by atoms with Gasteiger partial charge in [0.2, 0.25) is 0 Å². The molecule has 2 rings (SSSR count). The van der Waals surface area contributed by atoms with E-state index in [1.54, 1.807) is 14.2 Å². The van der Waals surface area contributed by atoms with Gasteiger partial charge in [-0.3, -0.25) is 0 Å². The van der Waals surface area contributed by atoms with Gasteiger partial charge in [0.25, 0.3) is 0 Å². The van der Waals surface area contributed by atoms with E-state index >= 15 is 0 Å². The van der Waals surface area contributed by atoms with Crippen LogP contribution >= 0.6 is 0 Å². The van der Waals surface area contributed by atoms with Crippen LogP contribution in [0.4, 0.5) is 0 Å². The Morgan fingerprint density at radius 1 is 1.14 bits per heavy atom. The summed E-state index contributed by atoms with van der Waals surface area (Å²) in [5.74, 6) is 2.25. The van der Waals surface area contributed by atoms with Gasteiger partial charge in [-0.1, -0.05) is 6.07 Å². The summed E-state index contributed by atoms with van der Waals surface area (Å²) >= 11 is 0. The van der Waals surface area contributed by atoms with E-state index in [0.717, 1.165) is 24.6 Å². The predicted molar refractivity (Wildman–Crippen MR) is 55.2 cm³/mol. The van der Waals surface area contributed by atoms with Crippen LogP contribution in [0.15, 0.2) is 18.2 Å². The number of hydrogen-bond donors (Lipinski definition) is 1. The second-order valence-corrected chi connectivity index (χ2v) is 3.47. The lowest BCUT2D eigenvalue weighted by molar-refractivity contribution is 0.353. The molecule has 0 saturated carbocycles. The second-order valence-electron chi connectivity index (χ2n) is 3.47. The van der Waals surface area contributed by atoms with Crippen LogP contribution in [0.3, 0.4) is 0 Å². The Kier molecular flexibility index (Phi) is 2.59. The van der Waals surface area contributed by atoms with Crippen molar-refractivity contribution in [1.82, 2.24) is 5.32 Å². The van der Waals surface area contributed by atoms with Crippen LogP contribution < -0.4 is 14.8 Å². The van der Waals surface area contributed by atoms with E-state index in [4.69, 9.17) is 9.47 Å². The highest BCUT2D eigenvalue weighted by Gasteiger charge is 2.19. The smallest absolute Gasteiger partial charge is 0.160 e. The van der Waals surface area contributed by atoms with Gasteiger partial charge < -0.3 is 14.8 Å². The van der Waals surface area contributed by atoms with Crippen LogP contribution in [-0.2, 0) is 0 Å². The van der Waals surface area contributed by atoms with Crippen LogP contribution in [0.5, 0.6) is 11.5 Å². The Morgan fingerprint density at radius 3 is 2.36 bits per heavy atom. The van der Waals surface area contributed by atoms with Crippen molar-refractivity contribution in [3.63, 3.8) is 0 Å². The second kappa shape index (κ2) is 3.88. The molecule has 0 atom stereocenters. The molecule has 0 radical (unpaired) electrons. The maximum absolute atomic E-state index is 5.25. The number of hydrogen-bond acceptors (Lipinski definition) is 3. The third-order valence-corrected chi connectivity index (χ3v) is 2.66. The lowest BCUT2D eigenvalue weighted by Crippen LogP contribution is -2.39. The highest BCUT2D eigenvalue weighted by atomic mass is 16.5. The van der Waals surface area contributed by atoms with E-state index in [-0.39, 0.29) is 0 Å². The molecule has 1 aromatic rings. The molecule has 1 aliphatic rings. The molecule has 0 aliphatic carbocycles. The van der Waals surface area contributed by atoms with Gasteiger partial charge >= 0.3 is 0 Å². The van der Waals surface area contributed by atoms with Crippen molar-refractivity contribution >= 4 is 0 Å². The summed E-state index contributed by atoms with van der Waals surface area (Å²) < 4.78 is 10.4. The quantitative estimate of drug-likeness (QED) is 0.787. The van der Waals surface area contributed by atoms with Crippen molar-refractivity contribution in [3.05, 3.63) is 23.8 Å². The fourth-order valence-electron chi connectivity index (χ4n) is 1.63. The van der Waals surface area contributed by atoms with Crippen LogP contribution in [0, 0.1) is 0 Å². The van der Waals surface area contributed by atoms with Crippen molar-refractivity contribution in [2.45, 2.75) is 5.92 Å². The van der Waals surface area contributed by atoms with Crippen LogP contribution in [0.25, 0.3) is 0 Å². The topological polar surface area (TPSA) is 30.5 Å². The van der Waals surface area contributed by atoms with Gasteiger partial charge in [-0.05, 0) is 17.7 Å². The summed E-state index contributed by atoms with van der Waals surface area (Å²) in [6.45, 7) is 2.13. The third-order valence-electron chi connectivity index (χ3n) is 2.66. The predicted octanol–water partition coefficient (Wildman–Crippen LogP) is 1.39. The van der Waals surface area contributed by atoms with Crippen molar-refractivity contribution < 1.29 is 9.47 Å². The molecule has 1 heterocycles. The molecular formula is C11H15NO2. The summed E-state index contributed by atoms with van der Waals surface area (Å²) in [5, 5.41) is 3.25. The van der Waals surface area contributed by atoms with E-state index in [2.05, 4.69) is 17.4 Å². The first kappa shape index (κ1) is 9.34. The van der Waals surface area contributed by atoms with Crippen molar-refractivity contribution in [3.8, 4) is 11.5 Å². The first-order valence-corrected chi connectivity index (χ1v) is 4.78. The molecule has 0 spiro atoms. The van der Waals surface area contributed by atoms with Gasteiger partial charge in [0.15, 0.2) is 11.5 Å². The Balaban J connectivity index is 2.26. The Hall–Kier alpha value is -1.22. The van der Waals surface area contributed by atoms with Crippen molar-refractivity contribution in [2.24, 2.45) is 0 Å². The number of nitrogens with one attached hydrogen (secondary N) is 1. The summed E-state index contributed by atoms with van der Waals surface area (Å²) in [5.41, 5.74) is 1.32. The Bertz CT molecular complexity index is 321. The van der Waals surface area contributed by atoms with Gasteiger partial charge in [0.1, 0.15) is 0 Å². The Morgan fingerprint density at radius 2 is 1.86 bits per heavy atom. The molecule has 1 aromatic carbocycles. The zero-order valence-corrected chi connectivity index (χ0v) is 8.54. The molecule has 0 amide bonds. The van der Waals surface area contributed by atoms with Gasteiger partial charge in [-0.2, -0.15) is 0 Å². The molecule has 14 heavy (non-hydrogen) atoms. The zero-order valence-electron chi connectivity index (χ0n) is 8.54. The van der Waals surface area contributed by atoms with E-state index in [1.807, 2.05) is 6.07 Å². The number of methoxy groups -OCH3 is 2. The highest BCUT2D eigenvalue weighted by molar-refractivity contribution is 5.44. The standard InChI is InChI=1S/C11H15NO2/c1-13-10-4-3-8(5-11(10)14-2)9-6-12-7-9/h3-5,9,12H,6-7H2,1-2H3. The molecule has 1 N–H and O–H groups in total. The lowest BCUT2D eigenvalue weighted by Gasteiger charge is -2.27. The molecule has 1 saturated heterocycles. The summed E-state index contributed by atoms with van der Waals surface area (Å²) in [4.78, 5) is 0. The lowest BCUT2D eigenvalue weighted by atomic mass is 9.93. The van der Waals surface area contributed by atoms with Gasteiger partial charge in [-0.25, -0.2) is 0 Å². The third kappa shape index (κ3) is 1.55. The molecule has 3 nitrogen and oxygen atoms in total. The number of rotatable bonds is 3. The summed E-state index contributed by atoms with van der Waals surface area (Å²) in [6.07, 6.45) is 0. The van der Waals surface area contributed by atoms with E-state index in [0.29, 0.717) is 5.92 Å². The van der Waals surface area contributed by atoms with Crippen molar-refractivity contribution in [2.75, 3.05) is 27.3 Å². The highest BCUT2D eigenvalue weighted by Crippen LogP contribution is 2.31. The SMILES string of the molecule is COc1ccc(C2CNC2)cc1OC. The molecular weight excluding hydrogens is 178 g/mol. The van der Waals surface area contributed by atoms with E-state index < -0.39 is 0 Å². The molecule has 0 bridgehead atoms. The maximum atomic E-state index is 5.25. The molecule has 1 aliphatic heterocycles. The van der Waals surface area contributed by atoms with E-state index in [9.17, 15) is 0 Å². The van der Waals surface area contributed by atoms with Gasteiger partial charge in [0, 0.05) is 19.0 Å². The minimum atomic E-state index is 0.634. The van der Waals surface area contributed by atoms with Gasteiger partial charge in [-0.15, -0.1) is 0 Å². The average molecular weight is 193 g/mol. The first-order chi connectivity index (χ1) is 6.85. The summed E-state index contributed by atoms with van der Waals surface area (Å²) in [6, 6.07) is 6.13. The van der Waals surface area contributed by atoms with Gasteiger partial charge in [0.05, 0.1) is 14.2 Å². The van der Waals surface area contributed by atoms with Crippen LogP contribution in [0.1, 0.15) is 11.5 Å². The average Bonchev–Trinajstić information content (AvgIpc) is 2.15. The number of benzene rings is 1. The molecule has 76 valence electrons. The molecule has 1 fully saturated rings. The fourth-order valence-corrected chi connectivity index (χ4v) is 1.63. The first-order valence-electron chi connectivity index (χ1n) is 4.78. The van der Waals surface area contributed by atoms with Crippen molar-refractivity contribution in [1.29, 1.82) is 0 Å². The molecule has 0 unspecified atom stereocenters. The Labute approximate surface area is 84.0 Å². The zero-order chi connectivity index (χ0) is 9.97. The summed E-state index contributed by atoms with van der Waals surface area (Å²) in [7, 11) is 3.32. The maximum Gasteiger partial charge on any atom is 0.160 e.